The van der Waals surface area contributed by atoms with Crippen molar-refractivity contribution in [2.45, 2.75) is 38.6 Å². The van der Waals surface area contributed by atoms with Crippen LogP contribution in [0.15, 0.2) is 0 Å². The summed E-state index contributed by atoms with van der Waals surface area (Å²) in [4.78, 5) is 11.2. The molecule has 0 aliphatic heterocycles. The molecule has 0 radical (unpaired) electrons. The van der Waals surface area contributed by atoms with Gasteiger partial charge in [-0.1, -0.05) is 19.6 Å². The smallest absolute Gasteiger partial charge is 0.438 e. The van der Waals surface area contributed by atoms with Crippen LogP contribution in [0.3, 0.4) is 0 Å². The van der Waals surface area contributed by atoms with Crippen LogP contribution in [-0.4, -0.2) is 42.6 Å². The predicted octanol–water partition coefficient (Wildman–Crippen LogP) is 2.92. The zero-order valence-electron chi connectivity index (χ0n) is 12.8. The van der Waals surface area contributed by atoms with Crippen molar-refractivity contribution >= 4 is 14.0 Å². The van der Waals surface area contributed by atoms with Gasteiger partial charge in [-0.05, 0) is 6.04 Å². The summed E-state index contributed by atoms with van der Waals surface area (Å²) in [6, 6.07) is 0.805. The largest absolute Gasteiger partial charge is 0.492 e. The summed E-state index contributed by atoms with van der Waals surface area (Å²) in [5.41, 5.74) is -2.05. The minimum absolute atomic E-state index is 0.332. The highest BCUT2D eigenvalue weighted by atomic mass is 28.3. The molecule has 0 bridgehead atoms. The minimum atomic E-state index is -4.81. The number of alkyl halides is 3. The van der Waals surface area contributed by atoms with Crippen LogP contribution >= 0.6 is 0 Å². The van der Waals surface area contributed by atoms with E-state index >= 15 is 0 Å². The van der Waals surface area contributed by atoms with Gasteiger partial charge >= 0.3 is 12.1 Å². The maximum atomic E-state index is 12.9. The molecule has 0 saturated heterocycles. The molecule has 10 heteroatoms. The first kappa shape index (κ1) is 18.5. The van der Waals surface area contributed by atoms with Crippen LogP contribution in [0.4, 0.5) is 13.2 Å². The van der Waals surface area contributed by atoms with E-state index in [9.17, 15) is 18.0 Å². The Balaban J connectivity index is 2.99. The van der Waals surface area contributed by atoms with Gasteiger partial charge in [0.25, 0.3) is 0 Å². The van der Waals surface area contributed by atoms with Gasteiger partial charge < -0.3 is 14.6 Å². The Morgan fingerprint density at radius 2 is 1.95 bits per heavy atom. The molecule has 1 N–H and O–H groups in total. The summed E-state index contributed by atoms with van der Waals surface area (Å²) in [6.07, 6.45) is -4.81. The third kappa shape index (κ3) is 4.73. The highest BCUT2D eigenvalue weighted by Gasteiger charge is 2.41. The van der Waals surface area contributed by atoms with Gasteiger partial charge in [-0.3, -0.25) is 0 Å². The number of methoxy groups -OCH3 is 1. The Morgan fingerprint density at radius 3 is 2.36 bits per heavy atom. The number of carbonyl (C=O) groups is 1. The van der Waals surface area contributed by atoms with Crippen LogP contribution < -0.4 is 4.74 Å². The molecule has 0 saturated carbocycles. The summed E-state index contributed by atoms with van der Waals surface area (Å²) in [6.45, 7) is 6.32. The molecule has 1 aromatic heterocycles. The van der Waals surface area contributed by atoms with Crippen LogP contribution in [0, 0.1) is 0 Å². The first-order chi connectivity index (χ1) is 9.97. The average molecular weight is 340 g/mol. The Labute approximate surface area is 126 Å². The number of halogens is 3. The Morgan fingerprint density at radius 1 is 1.36 bits per heavy atom. The van der Waals surface area contributed by atoms with Crippen LogP contribution in [0.5, 0.6) is 5.75 Å². The summed E-state index contributed by atoms with van der Waals surface area (Å²) in [7, 11) is -0.382. The molecule has 0 aromatic carbocycles. The molecule has 0 spiro atoms. The van der Waals surface area contributed by atoms with E-state index in [-0.39, 0.29) is 6.73 Å². The topological polar surface area (TPSA) is 73.6 Å². The highest BCUT2D eigenvalue weighted by molar-refractivity contribution is 6.76. The molecule has 0 unspecified atom stereocenters. The fourth-order valence-corrected chi connectivity index (χ4v) is 2.41. The average Bonchev–Trinajstić information content (AvgIpc) is 2.72. The zero-order chi connectivity index (χ0) is 17.1. The van der Waals surface area contributed by atoms with Crippen LogP contribution in [0.2, 0.25) is 25.7 Å². The lowest BCUT2D eigenvalue weighted by atomic mass is 10.3. The number of carboxylic acids is 1. The van der Waals surface area contributed by atoms with E-state index in [0.717, 1.165) is 13.2 Å². The molecular formula is C12H19F3N2O4Si. The van der Waals surface area contributed by atoms with Gasteiger partial charge in [-0.25, -0.2) is 9.48 Å². The van der Waals surface area contributed by atoms with Gasteiger partial charge in [0.15, 0.2) is 11.4 Å². The van der Waals surface area contributed by atoms with E-state index in [1.807, 2.05) is 0 Å². The van der Waals surface area contributed by atoms with Gasteiger partial charge in [-0.15, -0.1) is 0 Å². The number of nitrogens with zero attached hydrogens (tertiary/aromatic N) is 2. The summed E-state index contributed by atoms with van der Waals surface area (Å²) in [5, 5.41) is 12.4. The molecule has 0 atom stereocenters. The number of hydrogen-bond donors (Lipinski definition) is 1. The van der Waals surface area contributed by atoms with Crippen molar-refractivity contribution in [3.63, 3.8) is 0 Å². The molecule has 126 valence electrons. The van der Waals surface area contributed by atoms with Crippen molar-refractivity contribution in [3.8, 4) is 5.75 Å². The second-order valence-electron chi connectivity index (χ2n) is 5.88. The van der Waals surface area contributed by atoms with Crippen LogP contribution in [0.25, 0.3) is 0 Å². The first-order valence-corrected chi connectivity index (χ1v) is 10.2. The number of aromatic nitrogens is 2. The second-order valence-corrected chi connectivity index (χ2v) is 11.5. The lowest BCUT2D eigenvalue weighted by molar-refractivity contribution is -0.142. The predicted molar refractivity (Wildman–Crippen MR) is 74.8 cm³/mol. The fourth-order valence-electron chi connectivity index (χ4n) is 1.65. The van der Waals surface area contributed by atoms with Gasteiger partial charge in [-0.2, -0.15) is 18.3 Å². The van der Waals surface area contributed by atoms with Crippen molar-refractivity contribution in [3.05, 3.63) is 11.4 Å². The number of carboxylic acid groups (broad SMARTS) is 1. The van der Waals surface area contributed by atoms with Gasteiger partial charge in [0.05, 0.1) is 7.11 Å². The van der Waals surface area contributed by atoms with Crippen molar-refractivity contribution in [1.29, 1.82) is 0 Å². The molecule has 0 fully saturated rings. The van der Waals surface area contributed by atoms with E-state index in [4.69, 9.17) is 9.84 Å². The third-order valence-corrected chi connectivity index (χ3v) is 4.50. The Bertz CT molecular complexity index is 538. The SMILES string of the molecule is COc1c(C(F)(F)F)nn(COCC[Si](C)(C)C)c1C(=O)O. The normalized spacial score (nSPS) is 12.5. The highest BCUT2D eigenvalue weighted by Crippen LogP contribution is 2.37. The lowest BCUT2D eigenvalue weighted by Gasteiger charge is -2.15. The molecule has 0 aliphatic rings. The van der Waals surface area contributed by atoms with Crippen molar-refractivity contribution in [2.75, 3.05) is 13.7 Å². The fraction of sp³-hybridized carbons (Fsp3) is 0.667. The molecule has 6 nitrogen and oxygen atoms in total. The van der Waals surface area contributed by atoms with Crippen molar-refractivity contribution in [2.24, 2.45) is 0 Å². The number of aromatic carboxylic acids is 1. The first-order valence-electron chi connectivity index (χ1n) is 6.50. The summed E-state index contributed by atoms with van der Waals surface area (Å²) in [5.74, 6) is -2.37. The Kier molecular flexibility index (Phi) is 5.63. The lowest BCUT2D eigenvalue weighted by Crippen LogP contribution is -2.22. The van der Waals surface area contributed by atoms with Crippen molar-refractivity contribution in [1.82, 2.24) is 9.78 Å². The quantitative estimate of drug-likeness (QED) is 0.610. The van der Waals surface area contributed by atoms with E-state index in [1.165, 1.54) is 0 Å². The number of ether oxygens (including phenoxy) is 2. The molecule has 1 heterocycles. The molecule has 0 aliphatic carbocycles. The Hall–Kier alpha value is -1.55. The summed E-state index contributed by atoms with van der Waals surface area (Å²) >= 11 is 0. The third-order valence-electron chi connectivity index (χ3n) is 2.79. The number of hydrogen-bond acceptors (Lipinski definition) is 4. The zero-order valence-corrected chi connectivity index (χ0v) is 13.8. The monoisotopic (exact) mass is 340 g/mol. The number of rotatable bonds is 7. The standard InChI is InChI=1S/C12H19F3N2O4Si/c1-20-9-8(11(18)19)17(16-10(9)12(13,14)15)7-21-5-6-22(2,3)4/h5-7H2,1-4H3,(H,18,19). The van der Waals surface area contributed by atoms with Gasteiger partial charge in [0.2, 0.25) is 5.69 Å². The van der Waals surface area contributed by atoms with Gasteiger partial charge in [0, 0.05) is 14.7 Å². The van der Waals surface area contributed by atoms with Crippen LogP contribution in [-0.2, 0) is 17.6 Å². The van der Waals surface area contributed by atoms with Crippen LogP contribution in [0.1, 0.15) is 16.2 Å². The maximum Gasteiger partial charge on any atom is 0.438 e. The van der Waals surface area contributed by atoms with Gasteiger partial charge in [0.1, 0.15) is 6.73 Å². The maximum absolute atomic E-state index is 12.9. The summed E-state index contributed by atoms with van der Waals surface area (Å²) < 4.78 is 49.1. The van der Waals surface area contributed by atoms with E-state index in [0.29, 0.717) is 11.3 Å². The minimum Gasteiger partial charge on any atom is -0.492 e. The molecular weight excluding hydrogens is 321 g/mol. The molecule has 22 heavy (non-hydrogen) atoms. The van der Waals surface area contributed by atoms with E-state index in [1.54, 1.807) is 0 Å². The molecule has 0 amide bonds. The van der Waals surface area contributed by atoms with Crippen molar-refractivity contribution < 1.29 is 32.5 Å². The second kappa shape index (κ2) is 6.69. The molecule has 1 rings (SSSR count). The molecule has 1 aromatic rings. The van der Waals surface area contributed by atoms with E-state index < -0.39 is 37.4 Å². The van der Waals surface area contributed by atoms with E-state index in [2.05, 4.69) is 29.5 Å².